The zero-order valence-corrected chi connectivity index (χ0v) is 11.9. The van der Waals surface area contributed by atoms with E-state index in [1.807, 2.05) is 13.8 Å². The standard InChI is InChI=1S/C15H27NO2/c1-12(2)18-11-15(17)16(14-8-9-14)10-13-6-4-3-5-7-13/h12-14H,3-11H2,1-2H3. The van der Waals surface area contributed by atoms with Crippen molar-refractivity contribution in [1.29, 1.82) is 0 Å². The second-order valence-corrected chi connectivity index (χ2v) is 6.14. The van der Waals surface area contributed by atoms with E-state index in [1.54, 1.807) is 0 Å². The number of nitrogens with zero attached hydrogens (tertiary/aromatic N) is 1. The molecule has 2 fully saturated rings. The molecule has 0 radical (unpaired) electrons. The molecule has 0 heterocycles. The van der Waals surface area contributed by atoms with Crippen LogP contribution in [0.1, 0.15) is 58.8 Å². The number of carbonyl (C=O) groups is 1. The van der Waals surface area contributed by atoms with Gasteiger partial charge in [0.2, 0.25) is 5.91 Å². The fourth-order valence-electron chi connectivity index (χ4n) is 2.81. The summed E-state index contributed by atoms with van der Waals surface area (Å²) in [6.45, 7) is 5.21. The van der Waals surface area contributed by atoms with Crippen LogP contribution >= 0.6 is 0 Å². The molecule has 3 nitrogen and oxygen atoms in total. The number of ether oxygens (including phenoxy) is 1. The van der Waals surface area contributed by atoms with Gasteiger partial charge in [-0.25, -0.2) is 0 Å². The van der Waals surface area contributed by atoms with Crippen LogP contribution in [0.2, 0.25) is 0 Å². The normalized spacial score (nSPS) is 21.3. The molecule has 0 aliphatic heterocycles. The van der Waals surface area contributed by atoms with Gasteiger partial charge in [0.05, 0.1) is 6.10 Å². The zero-order valence-electron chi connectivity index (χ0n) is 11.9. The zero-order chi connectivity index (χ0) is 13.0. The van der Waals surface area contributed by atoms with Gasteiger partial charge < -0.3 is 9.64 Å². The van der Waals surface area contributed by atoms with Gasteiger partial charge in [-0.1, -0.05) is 19.3 Å². The van der Waals surface area contributed by atoms with E-state index in [2.05, 4.69) is 4.90 Å². The quantitative estimate of drug-likeness (QED) is 0.728. The summed E-state index contributed by atoms with van der Waals surface area (Å²) < 4.78 is 5.46. The van der Waals surface area contributed by atoms with Crippen LogP contribution in [0.15, 0.2) is 0 Å². The van der Waals surface area contributed by atoms with Gasteiger partial charge in [-0.15, -0.1) is 0 Å². The number of rotatable bonds is 6. The Labute approximate surface area is 111 Å². The smallest absolute Gasteiger partial charge is 0.248 e. The van der Waals surface area contributed by atoms with Crippen molar-refractivity contribution in [2.75, 3.05) is 13.2 Å². The molecule has 18 heavy (non-hydrogen) atoms. The van der Waals surface area contributed by atoms with Crippen LogP contribution in [0.4, 0.5) is 0 Å². The van der Waals surface area contributed by atoms with Crippen molar-refractivity contribution in [2.24, 2.45) is 5.92 Å². The van der Waals surface area contributed by atoms with Crippen molar-refractivity contribution in [3.8, 4) is 0 Å². The Morgan fingerprint density at radius 3 is 2.39 bits per heavy atom. The molecule has 104 valence electrons. The van der Waals surface area contributed by atoms with E-state index in [0.717, 1.165) is 12.5 Å². The molecule has 0 spiro atoms. The number of carbonyl (C=O) groups excluding carboxylic acids is 1. The largest absolute Gasteiger partial charge is 0.369 e. The first-order chi connectivity index (χ1) is 8.66. The van der Waals surface area contributed by atoms with Gasteiger partial charge in [0.25, 0.3) is 0 Å². The average Bonchev–Trinajstić information content (AvgIpc) is 3.18. The molecular weight excluding hydrogens is 226 g/mol. The molecule has 0 saturated heterocycles. The molecule has 3 heteroatoms. The molecule has 2 rings (SSSR count). The van der Waals surface area contributed by atoms with Gasteiger partial charge in [0.15, 0.2) is 0 Å². The third-order valence-corrected chi connectivity index (χ3v) is 4.03. The van der Waals surface area contributed by atoms with Crippen molar-refractivity contribution in [1.82, 2.24) is 4.90 Å². The number of amides is 1. The van der Waals surface area contributed by atoms with E-state index in [-0.39, 0.29) is 18.6 Å². The van der Waals surface area contributed by atoms with Gasteiger partial charge in [-0.3, -0.25) is 4.79 Å². The third-order valence-electron chi connectivity index (χ3n) is 4.03. The van der Waals surface area contributed by atoms with E-state index in [1.165, 1.54) is 44.9 Å². The lowest BCUT2D eigenvalue weighted by atomic mass is 9.89. The molecule has 0 aromatic carbocycles. The second-order valence-electron chi connectivity index (χ2n) is 6.14. The Morgan fingerprint density at radius 2 is 1.83 bits per heavy atom. The summed E-state index contributed by atoms with van der Waals surface area (Å²) in [7, 11) is 0. The highest BCUT2D eigenvalue weighted by Gasteiger charge is 2.34. The van der Waals surface area contributed by atoms with Gasteiger partial charge in [-0.2, -0.15) is 0 Å². The topological polar surface area (TPSA) is 29.5 Å². The molecule has 0 N–H and O–H groups in total. The highest BCUT2D eigenvalue weighted by atomic mass is 16.5. The minimum absolute atomic E-state index is 0.143. The minimum Gasteiger partial charge on any atom is -0.369 e. The lowest BCUT2D eigenvalue weighted by Gasteiger charge is -2.30. The summed E-state index contributed by atoms with van der Waals surface area (Å²) in [4.78, 5) is 14.3. The maximum atomic E-state index is 12.2. The first-order valence-electron chi connectivity index (χ1n) is 7.58. The Bertz CT molecular complexity index is 268. The van der Waals surface area contributed by atoms with Crippen LogP contribution in [0.3, 0.4) is 0 Å². The van der Waals surface area contributed by atoms with Crippen LogP contribution in [0.25, 0.3) is 0 Å². The van der Waals surface area contributed by atoms with Crippen molar-refractivity contribution < 1.29 is 9.53 Å². The van der Waals surface area contributed by atoms with Crippen LogP contribution in [0, 0.1) is 5.92 Å². The van der Waals surface area contributed by atoms with Crippen molar-refractivity contribution in [2.45, 2.75) is 70.9 Å². The maximum Gasteiger partial charge on any atom is 0.248 e. The summed E-state index contributed by atoms with van der Waals surface area (Å²) in [6.07, 6.45) is 9.22. The third kappa shape index (κ3) is 4.27. The Kier molecular flexibility index (Phi) is 5.04. The van der Waals surface area contributed by atoms with Gasteiger partial charge in [0, 0.05) is 12.6 Å². The first kappa shape index (κ1) is 13.9. The van der Waals surface area contributed by atoms with Crippen LogP contribution in [0.5, 0.6) is 0 Å². The summed E-state index contributed by atoms with van der Waals surface area (Å²) in [5.41, 5.74) is 0. The van der Waals surface area contributed by atoms with Crippen molar-refractivity contribution >= 4 is 5.91 Å². The van der Waals surface area contributed by atoms with E-state index < -0.39 is 0 Å². The molecular formula is C15H27NO2. The first-order valence-corrected chi connectivity index (χ1v) is 7.58. The monoisotopic (exact) mass is 253 g/mol. The van der Waals surface area contributed by atoms with E-state index in [9.17, 15) is 4.79 Å². The molecule has 1 amide bonds. The predicted molar refractivity (Wildman–Crippen MR) is 72.4 cm³/mol. The average molecular weight is 253 g/mol. The summed E-state index contributed by atoms with van der Waals surface area (Å²) in [5.74, 6) is 0.944. The molecule has 0 bridgehead atoms. The molecule has 2 aliphatic rings. The van der Waals surface area contributed by atoms with Crippen molar-refractivity contribution in [3.05, 3.63) is 0 Å². The van der Waals surface area contributed by atoms with Gasteiger partial charge in [-0.05, 0) is 45.4 Å². The highest BCUT2D eigenvalue weighted by Crippen LogP contribution is 2.31. The van der Waals surface area contributed by atoms with Gasteiger partial charge >= 0.3 is 0 Å². The number of hydrogen-bond acceptors (Lipinski definition) is 2. The summed E-state index contributed by atoms with van der Waals surface area (Å²) in [5, 5.41) is 0. The highest BCUT2D eigenvalue weighted by molar-refractivity contribution is 5.78. The predicted octanol–water partition coefficient (Wildman–Crippen LogP) is 2.98. The molecule has 0 atom stereocenters. The molecule has 0 aromatic heterocycles. The van der Waals surface area contributed by atoms with Crippen LogP contribution in [-0.2, 0) is 9.53 Å². The molecule has 2 saturated carbocycles. The molecule has 2 aliphatic carbocycles. The Morgan fingerprint density at radius 1 is 1.17 bits per heavy atom. The van der Waals surface area contributed by atoms with E-state index >= 15 is 0 Å². The Hall–Kier alpha value is -0.570. The lowest BCUT2D eigenvalue weighted by molar-refractivity contribution is -0.139. The SMILES string of the molecule is CC(C)OCC(=O)N(CC1CCCCC1)C1CC1. The molecule has 0 unspecified atom stereocenters. The number of hydrogen-bond donors (Lipinski definition) is 0. The lowest BCUT2D eigenvalue weighted by Crippen LogP contribution is -2.40. The van der Waals surface area contributed by atoms with Crippen LogP contribution in [-0.4, -0.2) is 36.1 Å². The summed E-state index contributed by atoms with van der Waals surface area (Å²) in [6, 6.07) is 0.523. The fraction of sp³-hybridized carbons (Fsp3) is 0.933. The summed E-state index contributed by atoms with van der Waals surface area (Å²) >= 11 is 0. The van der Waals surface area contributed by atoms with E-state index in [4.69, 9.17) is 4.74 Å². The second kappa shape index (κ2) is 6.55. The molecule has 0 aromatic rings. The fourth-order valence-corrected chi connectivity index (χ4v) is 2.81. The minimum atomic E-state index is 0.143. The maximum absolute atomic E-state index is 12.2. The van der Waals surface area contributed by atoms with Crippen LogP contribution < -0.4 is 0 Å². The van der Waals surface area contributed by atoms with Gasteiger partial charge in [0.1, 0.15) is 6.61 Å². The van der Waals surface area contributed by atoms with Crippen molar-refractivity contribution in [3.63, 3.8) is 0 Å². The Balaban J connectivity index is 1.81. The van der Waals surface area contributed by atoms with E-state index in [0.29, 0.717) is 6.04 Å².